The molecule has 1 atom stereocenters. The number of rotatable bonds is 7. The molecular weight excluding hydrogens is 358 g/mol. The van der Waals surface area contributed by atoms with Crippen LogP contribution in [0, 0.1) is 0 Å². The van der Waals surface area contributed by atoms with Crippen LogP contribution in [0.15, 0.2) is 18.3 Å². The van der Waals surface area contributed by atoms with E-state index in [2.05, 4.69) is 29.9 Å². The fourth-order valence-electron chi connectivity index (χ4n) is 3.04. The van der Waals surface area contributed by atoms with Crippen molar-refractivity contribution in [2.45, 2.75) is 44.9 Å². The van der Waals surface area contributed by atoms with Crippen molar-refractivity contribution < 1.29 is 14.3 Å². The fourth-order valence-corrected chi connectivity index (χ4v) is 5.14. The third-order valence-corrected chi connectivity index (χ3v) is 7.33. The van der Waals surface area contributed by atoms with Gasteiger partial charge in [0, 0.05) is 19.6 Å². The van der Waals surface area contributed by atoms with E-state index in [1.165, 1.54) is 4.90 Å². The lowest BCUT2D eigenvalue weighted by Gasteiger charge is -2.41. The first-order valence-corrected chi connectivity index (χ1v) is 12.3. The van der Waals surface area contributed by atoms with Gasteiger partial charge in [-0.05, 0) is 31.3 Å². The molecule has 0 aliphatic carbocycles. The lowest BCUT2D eigenvalue weighted by atomic mass is 10.1. The van der Waals surface area contributed by atoms with Crippen molar-refractivity contribution in [2.24, 2.45) is 0 Å². The average molecular weight is 386 g/mol. The summed E-state index contributed by atoms with van der Waals surface area (Å²) in [6, 6.07) is 4.61. The first kappa shape index (κ1) is 20.0. The molecule has 2 rings (SSSR count). The van der Waals surface area contributed by atoms with Gasteiger partial charge >= 0.3 is 6.09 Å². The minimum atomic E-state index is -1.75. The maximum Gasteiger partial charge on any atom is 0.407 e. The Labute approximate surface area is 155 Å². The standard InChI is InChI=1S/C17H28ClN3O3Si/c1-4-5-10-25(2,3)24-13-15-12-20(8-9-21(15)17(22)23)14-6-7-16(18)19-11-14/h6-7,11,15H,4-5,8-10,12-13H2,1-3H3,(H,22,23). The van der Waals surface area contributed by atoms with Gasteiger partial charge in [0.05, 0.1) is 24.5 Å². The summed E-state index contributed by atoms with van der Waals surface area (Å²) in [4.78, 5) is 19.4. The quantitative estimate of drug-likeness (QED) is 0.569. The van der Waals surface area contributed by atoms with Crippen LogP contribution in [0.3, 0.4) is 0 Å². The van der Waals surface area contributed by atoms with Gasteiger partial charge in [-0.25, -0.2) is 9.78 Å². The molecule has 140 valence electrons. The second-order valence-electron chi connectivity index (χ2n) is 7.09. The fraction of sp³-hybridized carbons (Fsp3) is 0.647. The topological polar surface area (TPSA) is 65.9 Å². The molecule has 1 aromatic heterocycles. The maximum atomic E-state index is 11.6. The Bertz CT molecular complexity index is 571. The number of nitrogens with zero attached hydrogens (tertiary/aromatic N) is 3. The summed E-state index contributed by atoms with van der Waals surface area (Å²) >= 11 is 5.85. The molecule has 25 heavy (non-hydrogen) atoms. The van der Waals surface area contributed by atoms with E-state index in [1.807, 2.05) is 6.07 Å². The first-order valence-electron chi connectivity index (χ1n) is 8.82. The van der Waals surface area contributed by atoms with Crippen LogP contribution in [0.1, 0.15) is 19.8 Å². The third-order valence-electron chi connectivity index (χ3n) is 4.60. The molecule has 1 unspecified atom stereocenters. The number of unbranched alkanes of at least 4 members (excludes halogenated alkanes) is 1. The number of halogens is 1. The zero-order chi connectivity index (χ0) is 18.4. The highest BCUT2D eigenvalue weighted by molar-refractivity contribution is 6.71. The smallest absolute Gasteiger partial charge is 0.407 e. The van der Waals surface area contributed by atoms with Crippen LogP contribution >= 0.6 is 11.6 Å². The van der Waals surface area contributed by atoms with E-state index in [4.69, 9.17) is 16.0 Å². The molecule has 0 saturated carbocycles. The minimum Gasteiger partial charge on any atom is -0.465 e. The van der Waals surface area contributed by atoms with Crippen molar-refractivity contribution in [3.05, 3.63) is 23.5 Å². The van der Waals surface area contributed by atoms with Crippen LogP contribution < -0.4 is 4.90 Å². The molecule has 0 spiro atoms. The van der Waals surface area contributed by atoms with Crippen LogP contribution in [0.2, 0.25) is 24.3 Å². The van der Waals surface area contributed by atoms with Crippen LogP contribution in [0.4, 0.5) is 10.5 Å². The van der Waals surface area contributed by atoms with Crippen molar-refractivity contribution in [3.8, 4) is 0 Å². The Morgan fingerprint density at radius 1 is 1.44 bits per heavy atom. The molecule has 1 fully saturated rings. The highest BCUT2D eigenvalue weighted by Crippen LogP contribution is 2.22. The maximum absolute atomic E-state index is 11.6. The Morgan fingerprint density at radius 2 is 2.20 bits per heavy atom. The SMILES string of the molecule is CCCC[Si](C)(C)OCC1CN(c2ccc(Cl)nc2)CCN1C(=O)O. The average Bonchev–Trinajstić information content (AvgIpc) is 2.58. The number of aromatic nitrogens is 1. The zero-order valence-corrected chi connectivity index (χ0v) is 17.0. The Kier molecular flexibility index (Phi) is 7.10. The Morgan fingerprint density at radius 3 is 2.80 bits per heavy atom. The van der Waals surface area contributed by atoms with E-state index in [1.54, 1.807) is 12.3 Å². The number of amides is 1. The van der Waals surface area contributed by atoms with Crippen molar-refractivity contribution in [3.63, 3.8) is 0 Å². The number of carboxylic acid groups (broad SMARTS) is 1. The molecule has 1 aliphatic heterocycles. The zero-order valence-electron chi connectivity index (χ0n) is 15.2. The van der Waals surface area contributed by atoms with E-state index in [0.717, 1.165) is 24.6 Å². The van der Waals surface area contributed by atoms with Crippen LogP contribution in [0.5, 0.6) is 0 Å². The van der Waals surface area contributed by atoms with Gasteiger partial charge < -0.3 is 14.4 Å². The summed E-state index contributed by atoms with van der Waals surface area (Å²) in [6.45, 7) is 8.75. The number of piperazine rings is 1. The van der Waals surface area contributed by atoms with Gasteiger partial charge in [0.15, 0.2) is 8.32 Å². The summed E-state index contributed by atoms with van der Waals surface area (Å²) in [5, 5.41) is 9.96. The van der Waals surface area contributed by atoms with Gasteiger partial charge in [0.2, 0.25) is 0 Å². The predicted molar refractivity (Wildman–Crippen MR) is 103 cm³/mol. The van der Waals surface area contributed by atoms with Crippen molar-refractivity contribution in [1.82, 2.24) is 9.88 Å². The Balaban J connectivity index is 2.02. The van der Waals surface area contributed by atoms with Gasteiger partial charge in [-0.1, -0.05) is 31.4 Å². The molecule has 6 nitrogen and oxygen atoms in total. The van der Waals surface area contributed by atoms with E-state index < -0.39 is 14.4 Å². The van der Waals surface area contributed by atoms with Gasteiger partial charge in [-0.2, -0.15) is 0 Å². The van der Waals surface area contributed by atoms with Gasteiger partial charge in [0.1, 0.15) is 5.15 Å². The molecule has 1 aromatic rings. The Hall–Kier alpha value is -1.31. The number of hydrogen-bond acceptors (Lipinski definition) is 4. The molecular formula is C17H28ClN3O3Si. The molecule has 0 radical (unpaired) electrons. The third kappa shape index (κ3) is 5.86. The number of pyridine rings is 1. The molecule has 0 bridgehead atoms. The lowest BCUT2D eigenvalue weighted by molar-refractivity contribution is 0.0946. The normalized spacial score (nSPS) is 18.5. The summed E-state index contributed by atoms with van der Waals surface area (Å²) in [7, 11) is -1.75. The van der Waals surface area contributed by atoms with E-state index >= 15 is 0 Å². The first-order chi connectivity index (χ1) is 11.8. The van der Waals surface area contributed by atoms with Crippen LogP contribution in [-0.4, -0.2) is 61.7 Å². The molecule has 2 heterocycles. The van der Waals surface area contributed by atoms with Crippen molar-refractivity contribution in [1.29, 1.82) is 0 Å². The second kappa shape index (κ2) is 8.87. The molecule has 1 aliphatic rings. The molecule has 8 heteroatoms. The van der Waals surface area contributed by atoms with Gasteiger partial charge in [-0.3, -0.25) is 4.90 Å². The largest absolute Gasteiger partial charge is 0.465 e. The molecule has 1 saturated heterocycles. The summed E-state index contributed by atoms with van der Waals surface area (Å²) < 4.78 is 6.23. The monoisotopic (exact) mass is 385 g/mol. The van der Waals surface area contributed by atoms with E-state index in [-0.39, 0.29) is 6.04 Å². The number of anilines is 1. The molecule has 1 N–H and O–H groups in total. The second-order valence-corrected chi connectivity index (χ2v) is 11.8. The van der Waals surface area contributed by atoms with Gasteiger partial charge in [-0.15, -0.1) is 0 Å². The molecule has 1 amide bonds. The van der Waals surface area contributed by atoms with E-state index in [0.29, 0.717) is 31.4 Å². The summed E-state index contributed by atoms with van der Waals surface area (Å²) in [6.07, 6.45) is 3.17. The number of hydrogen-bond donors (Lipinski definition) is 1. The number of carbonyl (C=O) groups is 1. The van der Waals surface area contributed by atoms with E-state index in [9.17, 15) is 9.90 Å². The summed E-state index contributed by atoms with van der Waals surface area (Å²) in [5.74, 6) is 0. The minimum absolute atomic E-state index is 0.171. The van der Waals surface area contributed by atoms with Crippen LogP contribution in [-0.2, 0) is 4.43 Å². The van der Waals surface area contributed by atoms with Gasteiger partial charge in [0.25, 0.3) is 0 Å². The van der Waals surface area contributed by atoms with Crippen LogP contribution in [0.25, 0.3) is 0 Å². The molecule has 0 aromatic carbocycles. The highest BCUT2D eigenvalue weighted by atomic mass is 35.5. The van der Waals surface area contributed by atoms with Crippen molar-refractivity contribution in [2.75, 3.05) is 31.1 Å². The van der Waals surface area contributed by atoms with Crippen molar-refractivity contribution >= 4 is 31.7 Å². The predicted octanol–water partition coefficient (Wildman–Crippen LogP) is 3.93. The highest BCUT2D eigenvalue weighted by Gasteiger charge is 2.33. The summed E-state index contributed by atoms with van der Waals surface area (Å²) in [5.41, 5.74) is 0.960. The lowest BCUT2D eigenvalue weighted by Crippen LogP contribution is -2.57.